The van der Waals surface area contributed by atoms with Crippen molar-refractivity contribution in [2.24, 2.45) is 11.8 Å². The maximum absolute atomic E-state index is 4.70. The van der Waals surface area contributed by atoms with Crippen LogP contribution in [0.5, 0.6) is 0 Å². The Kier molecular flexibility index (Phi) is 11.5. The van der Waals surface area contributed by atoms with Gasteiger partial charge in [-0.2, -0.15) is 48.8 Å². The van der Waals surface area contributed by atoms with Crippen LogP contribution in [0.2, 0.25) is 0 Å². The zero-order chi connectivity index (χ0) is 19.2. The molecule has 0 amide bonds. The molecule has 2 aliphatic heterocycles. The van der Waals surface area contributed by atoms with E-state index in [1.807, 2.05) is 0 Å². The molecule has 0 radical (unpaired) electrons. The molecule has 3 rings (SSSR count). The summed E-state index contributed by atoms with van der Waals surface area (Å²) < 4.78 is 1.62. The number of hydrogen-bond acceptors (Lipinski definition) is 8. The minimum absolute atomic E-state index is 0.530. The summed E-state index contributed by atoms with van der Waals surface area (Å²) in [6.45, 7) is 2.27. The maximum Gasteiger partial charge on any atom is 0.0627 e. The second-order valence-corrected chi connectivity index (χ2v) is 17.0. The van der Waals surface area contributed by atoms with Crippen LogP contribution in [0.25, 0.3) is 0 Å². The second kappa shape index (κ2) is 12.7. The Morgan fingerprint density at radius 3 is 2.41 bits per heavy atom. The lowest BCUT2D eigenvalue weighted by Gasteiger charge is -2.35. The minimum Gasteiger partial charge on any atom is -0.178 e. The average Bonchev–Trinajstić information content (AvgIpc) is 3.33. The molecule has 3 aliphatic rings. The van der Waals surface area contributed by atoms with Gasteiger partial charge in [-0.05, 0) is 49.5 Å². The van der Waals surface area contributed by atoms with Crippen molar-refractivity contribution in [2.45, 2.75) is 62.8 Å². The maximum atomic E-state index is 4.70. The molecule has 0 spiro atoms. The highest BCUT2D eigenvalue weighted by Gasteiger charge is 2.38. The van der Waals surface area contributed by atoms with E-state index in [0.29, 0.717) is 5.25 Å². The fourth-order valence-electron chi connectivity index (χ4n) is 4.10. The Morgan fingerprint density at radius 2 is 1.81 bits per heavy atom. The van der Waals surface area contributed by atoms with Crippen LogP contribution in [0.15, 0.2) is 0 Å². The van der Waals surface area contributed by atoms with Gasteiger partial charge in [0.15, 0.2) is 0 Å². The lowest BCUT2D eigenvalue weighted by molar-refractivity contribution is 0.292. The smallest absolute Gasteiger partial charge is 0.0627 e. The molecule has 1 aliphatic carbocycles. The highest BCUT2D eigenvalue weighted by Crippen LogP contribution is 2.49. The van der Waals surface area contributed by atoms with Gasteiger partial charge in [0.05, 0.1) is 9.16 Å². The van der Waals surface area contributed by atoms with Gasteiger partial charge in [0.1, 0.15) is 0 Å². The number of thiol groups is 2. The van der Waals surface area contributed by atoms with Crippen molar-refractivity contribution < 1.29 is 0 Å². The third-order valence-corrected chi connectivity index (χ3v) is 17.2. The number of rotatable bonds is 9. The first-order chi connectivity index (χ1) is 13.1. The number of thioether (sulfide) groups is 6. The van der Waals surface area contributed by atoms with Crippen LogP contribution in [-0.4, -0.2) is 65.2 Å². The highest BCUT2D eigenvalue weighted by atomic mass is 32.2. The molecular weight excluding hydrogens is 485 g/mol. The van der Waals surface area contributed by atoms with E-state index in [0.717, 1.165) is 42.5 Å². The van der Waals surface area contributed by atoms with E-state index in [9.17, 15) is 0 Å². The third kappa shape index (κ3) is 7.42. The molecule has 2 heterocycles. The first-order valence-corrected chi connectivity index (χ1v) is 17.6. The van der Waals surface area contributed by atoms with Gasteiger partial charge in [0, 0.05) is 44.0 Å². The molecule has 158 valence electrons. The molecule has 3 fully saturated rings. The predicted molar refractivity (Wildman–Crippen MR) is 148 cm³/mol. The van der Waals surface area contributed by atoms with Gasteiger partial charge >= 0.3 is 0 Å². The monoisotopic (exact) mass is 518 g/mol. The molecule has 0 bridgehead atoms. The van der Waals surface area contributed by atoms with Gasteiger partial charge in [-0.15, -0.1) is 47.0 Å². The highest BCUT2D eigenvalue weighted by molar-refractivity contribution is 8.22. The van der Waals surface area contributed by atoms with Crippen molar-refractivity contribution in [3.8, 4) is 0 Å². The summed E-state index contributed by atoms with van der Waals surface area (Å²) in [4.78, 5) is 0. The van der Waals surface area contributed by atoms with Gasteiger partial charge < -0.3 is 0 Å². The molecule has 0 aromatic rings. The van der Waals surface area contributed by atoms with E-state index in [4.69, 9.17) is 12.6 Å². The van der Waals surface area contributed by atoms with E-state index in [-0.39, 0.29) is 0 Å². The van der Waals surface area contributed by atoms with Crippen LogP contribution in [0.1, 0.15) is 32.6 Å². The molecular formula is C19H34S8. The van der Waals surface area contributed by atoms with Gasteiger partial charge in [0.25, 0.3) is 0 Å². The van der Waals surface area contributed by atoms with E-state index >= 15 is 0 Å². The molecule has 1 saturated carbocycles. The quantitative estimate of drug-likeness (QED) is 0.318. The summed E-state index contributed by atoms with van der Waals surface area (Å²) in [6.07, 6.45) is 8.20. The fraction of sp³-hybridized carbons (Fsp3) is 1.00. The van der Waals surface area contributed by atoms with Crippen molar-refractivity contribution in [3.05, 3.63) is 0 Å². The van der Waals surface area contributed by atoms with Crippen molar-refractivity contribution in [2.75, 3.05) is 35.0 Å². The van der Waals surface area contributed by atoms with E-state index in [1.165, 1.54) is 48.7 Å². The SMILES string of the molecule is CSC(C1CCC(CSCC2SCC(CS)S2)CC1)C1SCC(C(C)S)S1. The second-order valence-electron chi connectivity index (χ2n) is 7.84. The topological polar surface area (TPSA) is 0 Å². The van der Waals surface area contributed by atoms with Gasteiger partial charge in [-0.1, -0.05) is 6.92 Å². The molecule has 27 heavy (non-hydrogen) atoms. The van der Waals surface area contributed by atoms with Crippen molar-refractivity contribution in [1.82, 2.24) is 0 Å². The van der Waals surface area contributed by atoms with Gasteiger partial charge in [-0.3, -0.25) is 0 Å². The molecule has 0 nitrogen and oxygen atoms in total. The summed E-state index contributed by atoms with van der Waals surface area (Å²) in [5.41, 5.74) is 0. The minimum atomic E-state index is 0.530. The molecule has 6 unspecified atom stereocenters. The Bertz CT molecular complexity index is 426. The van der Waals surface area contributed by atoms with Crippen LogP contribution in [-0.2, 0) is 0 Å². The van der Waals surface area contributed by atoms with E-state index in [2.05, 4.69) is 96.4 Å². The Morgan fingerprint density at radius 1 is 1.04 bits per heavy atom. The standard InChI is InChI=1S/C19H34S8/c1-12(21)16-10-25-19(27-16)18(22-2)14-5-3-13(4-6-14)8-23-11-17-24-9-15(7-20)26-17/h12-21H,3-11H2,1-2H3. The molecule has 8 heteroatoms. The largest absolute Gasteiger partial charge is 0.178 e. The van der Waals surface area contributed by atoms with E-state index in [1.54, 1.807) is 0 Å². The Balaban J connectivity index is 1.34. The van der Waals surface area contributed by atoms with Crippen molar-refractivity contribution >= 4 is 95.8 Å². The molecule has 0 N–H and O–H groups in total. The van der Waals surface area contributed by atoms with E-state index < -0.39 is 0 Å². The summed E-state index contributed by atoms with van der Waals surface area (Å²) in [7, 11) is 0. The van der Waals surface area contributed by atoms with Crippen LogP contribution < -0.4 is 0 Å². The van der Waals surface area contributed by atoms with Gasteiger partial charge in [-0.25, -0.2) is 0 Å². The van der Waals surface area contributed by atoms with Crippen LogP contribution in [0.4, 0.5) is 0 Å². The summed E-state index contributed by atoms with van der Waals surface area (Å²) in [6, 6.07) is 0. The Labute approximate surface area is 203 Å². The summed E-state index contributed by atoms with van der Waals surface area (Å²) >= 11 is 22.3. The molecule has 0 aromatic heterocycles. The first kappa shape index (κ1) is 24.4. The Hall–Kier alpha value is 2.80. The zero-order valence-electron chi connectivity index (χ0n) is 16.3. The fourth-order valence-corrected chi connectivity index (χ4v) is 15.6. The predicted octanol–water partition coefficient (Wildman–Crippen LogP) is 6.86. The van der Waals surface area contributed by atoms with Crippen LogP contribution in [0.3, 0.4) is 0 Å². The first-order valence-electron chi connectivity index (χ1n) is 10.0. The molecule has 0 aromatic carbocycles. The van der Waals surface area contributed by atoms with Crippen LogP contribution >= 0.6 is 95.8 Å². The normalized spacial score (nSPS) is 39.6. The number of hydrogen-bond donors (Lipinski definition) is 2. The summed E-state index contributed by atoms with van der Waals surface area (Å²) in [5, 5.41) is 2.91. The summed E-state index contributed by atoms with van der Waals surface area (Å²) in [5.74, 6) is 8.30. The lowest BCUT2D eigenvalue weighted by atomic mass is 9.81. The van der Waals surface area contributed by atoms with Gasteiger partial charge in [0.2, 0.25) is 0 Å². The zero-order valence-corrected chi connectivity index (χ0v) is 23.0. The van der Waals surface area contributed by atoms with Crippen molar-refractivity contribution in [1.29, 1.82) is 0 Å². The molecule has 6 atom stereocenters. The molecule has 2 saturated heterocycles. The third-order valence-electron chi connectivity index (χ3n) is 5.79. The van der Waals surface area contributed by atoms with Crippen LogP contribution in [0, 0.1) is 11.8 Å². The lowest BCUT2D eigenvalue weighted by Crippen LogP contribution is -2.30. The van der Waals surface area contributed by atoms with Crippen molar-refractivity contribution in [3.63, 3.8) is 0 Å². The average molecular weight is 519 g/mol.